The van der Waals surface area contributed by atoms with Crippen LogP contribution in [0.25, 0.3) is 0 Å². The van der Waals surface area contributed by atoms with Crippen molar-refractivity contribution in [2.75, 3.05) is 40.9 Å². The van der Waals surface area contributed by atoms with Gasteiger partial charge in [-0.15, -0.1) is 0 Å². The Morgan fingerprint density at radius 2 is 0.867 bits per heavy atom. The lowest BCUT2D eigenvalue weighted by Crippen LogP contribution is -2.47. The van der Waals surface area contributed by atoms with E-state index < -0.39 is 26.6 Å². The molecule has 0 saturated carbocycles. The van der Waals surface area contributed by atoms with Crippen molar-refractivity contribution in [2.24, 2.45) is 0 Å². The molecule has 0 saturated heterocycles. The summed E-state index contributed by atoms with van der Waals surface area (Å²) < 4.78 is 30.2. The number of esters is 1. The molecule has 0 aliphatic carbocycles. The van der Waals surface area contributed by atoms with Crippen molar-refractivity contribution < 1.29 is 37.3 Å². The molecular formula is C65H117N2O7P. The lowest BCUT2D eigenvalue weighted by atomic mass is 10.0. The second-order valence-electron chi connectivity index (χ2n) is 21.8. The quantitative estimate of drug-likeness (QED) is 0.0212. The van der Waals surface area contributed by atoms with Crippen molar-refractivity contribution in [2.45, 2.75) is 277 Å². The predicted molar refractivity (Wildman–Crippen MR) is 321 cm³/mol. The molecule has 1 amide bonds. The molecule has 0 aromatic heterocycles. The average Bonchev–Trinajstić information content (AvgIpc) is 3.37. The van der Waals surface area contributed by atoms with Crippen LogP contribution in [0.15, 0.2) is 85.1 Å². The fourth-order valence-electron chi connectivity index (χ4n) is 8.53. The van der Waals surface area contributed by atoms with Gasteiger partial charge in [0.15, 0.2) is 0 Å². The highest BCUT2D eigenvalue weighted by atomic mass is 31.2. The first-order chi connectivity index (χ1) is 36.4. The molecule has 0 rings (SSSR count). The number of hydrogen-bond acceptors (Lipinski definition) is 7. The lowest BCUT2D eigenvalue weighted by molar-refractivity contribution is -0.870. The van der Waals surface area contributed by atoms with E-state index in [1.54, 1.807) is 0 Å². The Kier molecular flexibility index (Phi) is 52.5. The van der Waals surface area contributed by atoms with Crippen molar-refractivity contribution in [1.82, 2.24) is 5.32 Å². The Balaban J connectivity index is 5.03. The first-order valence-electron chi connectivity index (χ1n) is 30.9. The van der Waals surface area contributed by atoms with Crippen molar-refractivity contribution in [3.63, 3.8) is 0 Å². The summed E-state index contributed by atoms with van der Waals surface area (Å²) in [5.41, 5.74) is 0. The van der Waals surface area contributed by atoms with E-state index in [-0.39, 0.29) is 24.9 Å². The number of nitrogens with one attached hydrogen (secondary N) is 1. The maximum Gasteiger partial charge on any atom is 0.306 e. The van der Waals surface area contributed by atoms with Gasteiger partial charge in [-0.1, -0.05) is 241 Å². The van der Waals surface area contributed by atoms with E-state index in [2.05, 4.69) is 99.0 Å². The topological polar surface area (TPSA) is 114 Å². The summed E-state index contributed by atoms with van der Waals surface area (Å²) in [4.78, 5) is 39.8. The summed E-state index contributed by atoms with van der Waals surface area (Å²) in [6.07, 6.45) is 71.3. The number of carbonyl (C=O) groups excluding carboxylic acids is 2. The fourth-order valence-corrected chi connectivity index (χ4v) is 9.25. The van der Waals surface area contributed by atoms with Gasteiger partial charge in [0.1, 0.15) is 19.3 Å². The van der Waals surface area contributed by atoms with E-state index in [1.165, 1.54) is 109 Å². The highest BCUT2D eigenvalue weighted by Crippen LogP contribution is 2.38. The Bertz CT molecular complexity index is 1560. The molecule has 0 radical (unpaired) electrons. The predicted octanol–water partition coefficient (Wildman–Crippen LogP) is 18.4. The maximum absolute atomic E-state index is 13.4. The maximum atomic E-state index is 13.4. The number of nitrogens with zero attached hydrogens (tertiary/aromatic N) is 1. The monoisotopic (exact) mass is 1070 g/mol. The molecule has 3 unspecified atom stereocenters. The van der Waals surface area contributed by atoms with E-state index in [0.717, 1.165) is 122 Å². The van der Waals surface area contributed by atoms with Gasteiger partial charge in [0.2, 0.25) is 5.91 Å². The van der Waals surface area contributed by atoms with Crippen LogP contribution in [-0.4, -0.2) is 69.4 Å². The van der Waals surface area contributed by atoms with Crippen LogP contribution in [0.2, 0.25) is 0 Å². The third-order valence-corrected chi connectivity index (χ3v) is 14.3. The number of carbonyl (C=O) groups is 2. The molecule has 0 bridgehead atoms. The van der Waals surface area contributed by atoms with E-state index in [4.69, 9.17) is 13.8 Å². The van der Waals surface area contributed by atoms with Crippen molar-refractivity contribution >= 4 is 19.7 Å². The fraction of sp³-hybridized carbons (Fsp3) is 0.754. The Labute approximate surface area is 463 Å². The Morgan fingerprint density at radius 1 is 0.480 bits per heavy atom. The molecule has 0 spiro atoms. The zero-order valence-corrected chi connectivity index (χ0v) is 50.4. The molecule has 434 valence electrons. The number of phosphoric ester groups is 1. The van der Waals surface area contributed by atoms with Gasteiger partial charge < -0.3 is 28.5 Å². The van der Waals surface area contributed by atoms with E-state index in [9.17, 15) is 19.0 Å². The molecule has 3 atom stereocenters. The molecule has 0 fully saturated rings. The minimum absolute atomic E-state index is 0.0268. The average molecular weight is 1070 g/mol. The van der Waals surface area contributed by atoms with Crippen LogP contribution in [0.1, 0.15) is 265 Å². The van der Waals surface area contributed by atoms with Crippen molar-refractivity contribution in [1.29, 1.82) is 0 Å². The van der Waals surface area contributed by atoms with Crippen molar-refractivity contribution in [3.05, 3.63) is 85.1 Å². The molecule has 0 aliphatic rings. The summed E-state index contributed by atoms with van der Waals surface area (Å²) in [6.45, 7) is 6.67. The minimum Gasteiger partial charge on any atom is -0.756 e. The zero-order valence-electron chi connectivity index (χ0n) is 49.5. The molecule has 0 aliphatic heterocycles. The van der Waals surface area contributed by atoms with Crippen LogP contribution in [-0.2, 0) is 27.9 Å². The lowest BCUT2D eigenvalue weighted by Gasteiger charge is -2.30. The number of phosphoric acid groups is 1. The number of ether oxygens (including phenoxy) is 1. The summed E-state index contributed by atoms with van der Waals surface area (Å²) in [7, 11) is 1.17. The third kappa shape index (κ3) is 55.7. The van der Waals surface area contributed by atoms with E-state index in [1.807, 2.05) is 33.3 Å². The van der Waals surface area contributed by atoms with Gasteiger partial charge in [-0.05, 0) is 96.0 Å². The standard InChI is InChI=1S/C65H117N2O7P/c1-7-10-13-16-19-22-25-26-27-28-29-30-31-32-33-34-35-36-37-38-39-40-43-46-49-52-55-58-65(69)74-63(56-53-50-47-44-41-23-20-17-14-11-8-2)62(61-73-75(70,71)72-60-59-67(4,5)6)66-64(68)57-54-51-48-45-42-24-21-18-15-12-9-3/h10,13,18-19,21-22,26-27,29-30,32-33,53,56,62-63H,7-9,11-12,14-17,20,23-25,28,31,34-52,54-55,57-61H2,1-6H3,(H-,66,68,70,71)/b13-10-,21-18-,22-19-,27-26-,30-29-,33-32-,56-53-. The van der Waals surface area contributed by atoms with E-state index in [0.29, 0.717) is 17.4 Å². The first-order valence-corrected chi connectivity index (χ1v) is 32.4. The normalized spacial score (nSPS) is 14.3. The Hall–Kier alpha value is -2.81. The van der Waals surface area contributed by atoms with Crippen LogP contribution >= 0.6 is 7.82 Å². The number of amides is 1. The number of allylic oxidation sites excluding steroid dienone is 13. The molecule has 0 heterocycles. The van der Waals surface area contributed by atoms with Gasteiger partial charge in [0.05, 0.1) is 33.8 Å². The smallest absolute Gasteiger partial charge is 0.306 e. The molecule has 0 aromatic carbocycles. The number of rotatable bonds is 55. The second kappa shape index (κ2) is 54.5. The second-order valence-corrected chi connectivity index (χ2v) is 23.2. The van der Waals surface area contributed by atoms with Gasteiger partial charge in [-0.3, -0.25) is 14.2 Å². The molecule has 0 aromatic rings. The van der Waals surface area contributed by atoms with Crippen LogP contribution in [0, 0.1) is 0 Å². The highest BCUT2D eigenvalue weighted by molar-refractivity contribution is 7.45. The van der Waals surface area contributed by atoms with Crippen LogP contribution in [0.4, 0.5) is 0 Å². The van der Waals surface area contributed by atoms with Gasteiger partial charge in [-0.2, -0.15) is 0 Å². The molecule has 1 N–H and O–H groups in total. The van der Waals surface area contributed by atoms with Crippen molar-refractivity contribution in [3.8, 4) is 0 Å². The number of unbranched alkanes of at least 4 members (excludes halogenated alkanes) is 27. The van der Waals surface area contributed by atoms with Gasteiger partial charge in [0, 0.05) is 12.8 Å². The van der Waals surface area contributed by atoms with Gasteiger partial charge in [0.25, 0.3) is 7.82 Å². The van der Waals surface area contributed by atoms with Gasteiger partial charge in [-0.25, -0.2) is 0 Å². The molecule has 9 nitrogen and oxygen atoms in total. The van der Waals surface area contributed by atoms with Crippen LogP contribution in [0.3, 0.4) is 0 Å². The van der Waals surface area contributed by atoms with Crippen LogP contribution in [0.5, 0.6) is 0 Å². The summed E-state index contributed by atoms with van der Waals surface area (Å²) in [5, 5.41) is 3.01. The molecule has 75 heavy (non-hydrogen) atoms. The molecule has 10 heteroatoms. The summed E-state index contributed by atoms with van der Waals surface area (Å²) in [6, 6.07) is -0.895. The largest absolute Gasteiger partial charge is 0.756 e. The molecular weight excluding hydrogens is 952 g/mol. The van der Waals surface area contributed by atoms with Gasteiger partial charge >= 0.3 is 5.97 Å². The summed E-state index contributed by atoms with van der Waals surface area (Å²) >= 11 is 0. The van der Waals surface area contributed by atoms with Crippen LogP contribution < -0.4 is 10.2 Å². The minimum atomic E-state index is -4.70. The third-order valence-electron chi connectivity index (χ3n) is 13.3. The SMILES string of the molecule is CC/C=C\C/C=C\C/C=C\C/C=C\C/C=C\CCCCCCCCCCCCCC(=O)OC(/C=C\CCCCCCCCCCC)C(COP(=O)([O-])OCC[N+](C)(C)C)NC(=O)CCCCCCC/C=C\CCCC. The number of quaternary nitrogens is 1. The number of hydrogen-bond donors (Lipinski definition) is 1. The summed E-state index contributed by atoms with van der Waals surface area (Å²) in [5.74, 6) is -0.558. The first kappa shape index (κ1) is 72.2. The highest BCUT2D eigenvalue weighted by Gasteiger charge is 2.27. The Morgan fingerprint density at radius 3 is 1.33 bits per heavy atom. The number of likely N-dealkylation sites (N-methyl/N-ethyl adjacent to an activating group) is 1. The van der Waals surface area contributed by atoms with E-state index >= 15 is 0 Å². The zero-order chi connectivity index (χ0) is 55.0.